The lowest BCUT2D eigenvalue weighted by molar-refractivity contribution is -0.147. The monoisotopic (exact) mass is 186 g/mol. The largest absolute Gasteiger partial charge is 0.481 e. The Balaban J connectivity index is 2.54. The third-order valence-corrected chi connectivity index (χ3v) is 3.55. The molecule has 1 rings (SSSR count). The molecule has 0 aromatic carbocycles. The molecule has 13 heavy (non-hydrogen) atoms. The lowest BCUT2D eigenvalue weighted by atomic mass is 9.52. The van der Waals surface area contributed by atoms with Gasteiger partial charge in [0.15, 0.2) is 0 Å². The van der Waals surface area contributed by atoms with E-state index in [1.807, 2.05) is 13.8 Å². The predicted molar refractivity (Wildman–Crippen MR) is 49.3 cm³/mol. The summed E-state index contributed by atoms with van der Waals surface area (Å²) in [5.41, 5.74) is -0.0213. The molecule has 0 unspecified atom stereocenters. The summed E-state index contributed by atoms with van der Waals surface area (Å²) in [4.78, 5) is 10.5. The fourth-order valence-corrected chi connectivity index (χ4v) is 2.43. The molecule has 0 aliphatic heterocycles. The molecule has 0 spiro atoms. The molecule has 1 fully saturated rings. The molecular weight excluding hydrogens is 168 g/mol. The highest BCUT2D eigenvalue weighted by Crippen LogP contribution is 2.54. The first-order valence-corrected chi connectivity index (χ1v) is 4.75. The van der Waals surface area contributed by atoms with Gasteiger partial charge in [-0.15, -0.1) is 0 Å². The fraction of sp³-hybridized carbons (Fsp3) is 0.900. The van der Waals surface area contributed by atoms with Gasteiger partial charge in [0, 0.05) is 6.42 Å². The quantitative estimate of drug-likeness (QED) is 0.702. The van der Waals surface area contributed by atoms with Gasteiger partial charge in [-0.2, -0.15) is 0 Å². The van der Waals surface area contributed by atoms with Crippen LogP contribution in [0.15, 0.2) is 0 Å². The summed E-state index contributed by atoms with van der Waals surface area (Å²) in [6.07, 6.45) is 0.757. The minimum absolute atomic E-state index is 0.0213. The van der Waals surface area contributed by atoms with Crippen molar-refractivity contribution in [3.05, 3.63) is 0 Å². The molecule has 3 heteroatoms. The summed E-state index contributed by atoms with van der Waals surface area (Å²) >= 11 is 0. The summed E-state index contributed by atoms with van der Waals surface area (Å²) in [5.74, 6) is -0.247. The Hall–Kier alpha value is -0.570. The summed E-state index contributed by atoms with van der Waals surface area (Å²) in [6.45, 7) is 5.87. The minimum atomic E-state index is -0.734. The van der Waals surface area contributed by atoms with E-state index in [-0.39, 0.29) is 29.8 Å². The van der Waals surface area contributed by atoms with Crippen LogP contribution in [-0.4, -0.2) is 22.3 Å². The number of aliphatic carboxylic acids is 1. The Morgan fingerprint density at radius 3 is 2.46 bits per heavy atom. The van der Waals surface area contributed by atoms with Crippen LogP contribution in [0.2, 0.25) is 0 Å². The van der Waals surface area contributed by atoms with Crippen molar-refractivity contribution >= 4 is 5.97 Å². The number of rotatable bonds is 3. The lowest BCUT2D eigenvalue weighted by Crippen LogP contribution is -2.50. The normalized spacial score (nSPS) is 33.5. The van der Waals surface area contributed by atoms with Gasteiger partial charge in [-0.05, 0) is 30.6 Å². The van der Waals surface area contributed by atoms with Gasteiger partial charge >= 0.3 is 5.97 Å². The molecule has 0 bridgehead atoms. The molecule has 0 aromatic heterocycles. The van der Waals surface area contributed by atoms with E-state index in [4.69, 9.17) is 5.11 Å². The molecule has 1 aliphatic rings. The maximum Gasteiger partial charge on any atom is 0.303 e. The van der Waals surface area contributed by atoms with Gasteiger partial charge in [0.05, 0.1) is 6.10 Å². The van der Waals surface area contributed by atoms with E-state index in [1.165, 1.54) is 0 Å². The lowest BCUT2D eigenvalue weighted by Gasteiger charge is -2.53. The predicted octanol–water partition coefficient (Wildman–Crippen LogP) is 1.50. The molecule has 0 heterocycles. The number of carbonyl (C=O) groups is 1. The number of hydrogen-bond acceptors (Lipinski definition) is 2. The SMILES string of the molecule is C[C@H](O)[C@H]1C[C@@H](CC(=O)O)C1(C)C. The van der Waals surface area contributed by atoms with Crippen molar-refractivity contribution in [3.8, 4) is 0 Å². The summed E-state index contributed by atoms with van der Waals surface area (Å²) in [7, 11) is 0. The van der Waals surface area contributed by atoms with Crippen LogP contribution in [0.5, 0.6) is 0 Å². The van der Waals surface area contributed by atoms with Crippen LogP contribution in [0.1, 0.15) is 33.6 Å². The highest BCUT2D eigenvalue weighted by molar-refractivity contribution is 5.67. The Labute approximate surface area is 78.8 Å². The van der Waals surface area contributed by atoms with E-state index in [0.29, 0.717) is 0 Å². The Morgan fingerprint density at radius 2 is 2.15 bits per heavy atom. The van der Waals surface area contributed by atoms with Gasteiger partial charge in [-0.3, -0.25) is 4.79 Å². The smallest absolute Gasteiger partial charge is 0.303 e. The zero-order valence-corrected chi connectivity index (χ0v) is 8.45. The first-order chi connectivity index (χ1) is 5.85. The van der Waals surface area contributed by atoms with Crippen molar-refractivity contribution in [1.29, 1.82) is 0 Å². The van der Waals surface area contributed by atoms with Crippen molar-refractivity contribution in [2.45, 2.75) is 39.7 Å². The van der Waals surface area contributed by atoms with Crippen molar-refractivity contribution in [2.75, 3.05) is 0 Å². The van der Waals surface area contributed by atoms with Crippen LogP contribution < -0.4 is 0 Å². The molecule has 1 aliphatic carbocycles. The maximum absolute atomic E-state index is 10.5. The standard InChI is InChI=1S/C10H18O3/c1-6(11)8-4-7(5-9(12)13)10(8,2)3/h6-8,11H,4-5H2,1-3H3,(H,12,13)/t6-,7-,8+/m0/s1. The van der Waals surface area contributed by atoms with E-state index in [0.717, 1.165) is 6.42 Å². The van der Waals surface area contributed by atoms with Crippen molar-refractivity contribution in [1.82, 2.24) is 0 Å². The van der Waals surface area contributed by atoms with Gasteiger partial charge in [0.1, 0.15) is 0 Å². The van der Waals surface area contributed by atoms with Crippen molar-refractivity contribution in [2.24, 2.45) is 17.3 Å². The van der Waals surface area contributed by atoms with Crippen LogP contribution in [-0.2, 0) is 4.79 Å². The maximum atomic E-state index is 10.5. The average molecular weight is 186 g/mol. The fourth-order valence-electron chi connectivity index (χ4n) is 2.43. The first kappa shape index (κ1) is 10.5. The highest BCUT2D eigenvalue weighted by atomic mass is 16.4. The van der Waals surface area contributed by atoms with Gasteiger partial charge in [-0.25, -0.2) is 0 Å². The molecule has 76 valence electrons. The zero-order chi connectivity index (χ0) is 10.2. The zero-order valence-electron chi connectivity index (χ0n) is 8.45. The van der Waals surface area contributed by atoms with Gasteiger partial charge < -0.3 is 10.2 Å². The summed E-state index contributed by atoms with van der Waals surface area (Å²) in [5, 5.41) is 18.1. The number of aliphatic hydroxyl groups is 1. The van der Waals surface area contributed by atoms with Crippen LogP contribution in [0.4, 0.5) is 0 Å². The Bertz CT molecular complexity index is 208. The molecule has 1 saturated carbocycles. The van der Waals surface area contributed by atoms with Crippen LogP contribution in [0.3, 0.4) is 0 Å². The van der Waals surface area contributed by atoms with Crippen molar-refractivity contribution in [3.63, 3.8) is 0 Å². The molecular formula is C10H18O3. The minimum Gasteiger partial charge on any atom is -0.481 e. The number of hydrogen-bond donors (Lipinski definition) is 2. The molecule has 0 amide bonds. The van der Waals surface area contributed by atoms with E-state index < -0.39 is 5.97 Å². The third-order valence-electron chi connectivity index (χ3n) is 3.55. The summed E-state index contributed by atoms with van der Waals surface area (Å²) in [6, 6.07) is 0. The molecule has 0 aromatic rings. The second kappa shape index (κ2) is 3.29. The first-order valence-electron chi connectivity index (χ1n) is 4.75. The van der Waals surface area contributed by atoms with Crippen LogP contribution >= 0.6 is 0 Å². The van der Waals surface area contributed by atoms with E-state index >= 15 is 0 Å². The Morgan fingerprint density at radius 1 is 1.62 bits per heavy atom. The number of aliphatic hydroxyl groups excluding tert-OH is 1. The Kier molecular flexibility index (Phi) is 2.66. The van der Waals surface area contributed by atoms with Gasteiger partial charge in [-0.1, -0.05) is 13.8 Å². The molecule has 0 radical (unpaired) electrons. The van der Waals surface area contributed by atoms with Gasteiger partial charge in [0.2, 0.25) is 0 Å². The van der Waals surface area contributed by atoms with Crippen LogP contribution in [0.25, 0.3) is 0 Å². The number of carboxylic acid groups (broad SMARTS) is 1. The van der Waals surface area contributed by atoms with E-state index in [2.05, 4.69) is 0 Å². The number of carboxylic acids is 1. The highest BCUT2D eigenvalue weighted by Gasteiger charge is 2.50. The molecule has 3 nitrogen and oxygen atoms in total. The molecule has 3 atom stereocenters. The van der Waals surface area contributed by atoms with E-state index in [1.54, 1.807) is 6.92 Å². The molecule has 2 N–H and O–H groups in total. The topological polar surface area (TPSA) is 57.5 Å². The van der Waals surface area contributed by atoms with Crippen LogP contribution in [0, 0.1) is 17.3 Å². The second-order valence-corrected chi connectivity index (χ2v) is 4.70. The molecule has 0 saturated heterocycles. The third kappa shape index (κ3) is 1.85. The van der Waals surface area contributed by atoms with Gasteiger partial charge in [0.25, 0.3) is 0 Å². The average Bonchev–Trinajstić information content (AvgIpc) is 1.96. The summed E-state index contributed by atoms with van der Waals surface area (Å²) < 4.78 is 0. The second-order valence-electron chi connectivity index (χ2n) is 4.70. The van der Waals surface area contributed by atoms with Crippen molar-refractivity contribution < 1.29 is 15.0 Å². The van der Waals surface area contributed by atoms with E-state index in [9.17, 15) is 9.90 Å².